The van der Waals surface area contributed by atoms with Crippen molar-refractivity contribution in [1.82, 2.24) is 47.1 Å². The Morgan fingerprint density at radius 1 is 0.562 bits per heavy atom. The molecule has 7 rings (SSSR count). The molecule has 2 fully saturated rings. The van der Waals surface area contributed by atoms with Crippen LogP contribution >= 0.6 is 0 Å². The highest BCUT2D eigenvalue weighted by Gasteiger charge is 2.41. The Labute approximate surface area is 462 Å². The maximum Gasteiger partial charge on any atom is 0.305 e. The van der Waals surface area contributed by atoms with Crippen molar-refractivity contribution in [3.8, 4) is 11.5 Å². The zero-order valence-electron chi connectivity index (χ0n) is 44.6. The number of unbranched alkanes of at least 4 members (excludes halogenated alkanes) is 1. The summed E-state index contributed by atoms with van der Waals surface area (Å²) in [7, 11) is 0. The molecule has 22 heteroatoms. The normalized spacial score (nSPS) is 23.2. The highest BCUT2D eigenvalue weighted by Crippen LogP contribution is 2.23. The van der Waals surface area contributed by atoms with Crippen LogP contribution in [0.25, 0.3) is 10.9 Å². The number of carbonyl (C=O) groups excluding carboxylic acids is 8. The fraction of sp³-hybridized carbons (Fsp3) is 0.397. The molecule has 2 aliphatic rings. The van der Waals surface area contributed by atoms with Crippen LogP contribution < -0.4 is 43.0 Å². The molecule has 8 atom stereocenters. The molecule has 2 aliphatic heterocycles. The van der Waals surface area contributed by atoms with Crippen molar-refractivity contribution in [3.63, 3.8) is 0 Å². The highest BCUT2D eigenvalue weighted by molar-refractivity contribution is 6.00. The molecule has 4 aromatic carbocycles. The number of aromatic amines is 1. The first-order valence-corrected chi connectivity index (χ1v) is 26.9. The van der Waals surface area contributed by atoms with Gasteiger partial charge in [0.15, 0.2) is 0 Å². The van der Waals surface area contributed by atoms with Gasteiger partial charge in [-0.05, 0) is 97.2 Å². The van der Waals surface area contributed by atoms with Crippen LogP contribution in [0.5, 0.6) is 11.5 Å². The minimum Gasteiger partial charge on any atom is -0.508 e. The van der Waals surface area contributed by atoms with Gasteiger partial charge in [0.05, 0.1) is 6.42 Å². The van der Waals surface area contributed by atoms with Crippen molar-refractivity contribution < 1.29 is 58.5 Å². The Morgan fingerprint density at radius 2 is 1.05 bits per heavy atom. The number of rotatable bonds is 15. The number of hydrogen-bond donors (Lipinski definition) is 12. The number of carbonyl (C=O) groups is 9. The number of aromatic nitrogens is 1. The maximum atomic E-state index is 14.9. The van der Waals surface area contributed by atoms with Crippen LogP contribution in [0.2, 0.25) is 0 Å². The third kappa shape index (κ3) is 15.9. The number of phenols is 2. The number of aliphatic carboxylic acids is 1. The van der Waals surface area contributed by atoms with E-state index in [1.165, 1.54) is 41.3 Å². The molecule has 3 heterocycles. The van der Waals surface area contributed by atoms with Crippen molar-refractivity contribution in [2.75, 3.05) is 13.1 Å². The van der Waals surface area contributed by atoms with E-state index in [1.54, 1.807) is 68.6 Å². The molecule has 1 aromatic heterocycles. The topological polar surface area (TPSA) is 344 Å². The van der Waals surface area contributed by atoms with Gasteiger partial charge in [-0.3, -0.25) is 43.2 Å². The van der Waals surface area contributed by atoms with Gasteiger partial charge in [-0.25, -0.2) is 0 Å². The first-order valence-electron chi connectivity index (χ1n) is 26.9. The van der Waals surface area contributed by atoms with Crippen molar-refractivity contribution in [1.29, 1.82) is 0 Å². The fourth-order valence-corrected chi connectivity index (χ4v) is 9.99. The Hall–Kier alpha value is -8.79. The van der Waals surface area contributed by atoms with Gasteiger partial charge in [0.2, 0.25) is 47.3 Å². The lowest BCUT2D eigenvalue weighted by Gasteiger charge is -2.32. The molecule has 5 aromatic rings. The van der Waals surface area contributed by atoms with Crippen molar-refractivity contribution in [3.05, 3.63) is 132 Å². The first kappa shape index (κ1) is 58.9. The summed E-state index contributed by atoms with van der Waals surface area (Å²) in [5.74, 6) is -8.99. The van der Waals surface area contributed by atoms with Crippen molar-refractivity contribution in [2.45, 2.75) is 126 Å². The molecule has 0 bridgehead atoms. The molecule has 80 heavy (non-hydrogen) atoms. The lowest BCUT2D eigenvalue weighted by Crippen LogP contribution is -2.62. The summed E-state index contributed by atoms with van der Waals surface area (Å²) in [5.41, 5.74) is 8.71. The standard InChI is InChI=1S/C58H70N10O12/c1-33(2)50-57(79)66-47(29-36-19-23-39(70)24-20-36)58(80)68-26-10-16-48(68)56(78)65-44(28-35-17-21-38(69)22-18-35)53(75)64-46(31-49(71)72)55(77)62-43(27-34-11-4-3-5-12-34)52(74)63-45(30-37-32-60-41-14-7-6-13-40(37)41)54(76)61-42(51(73)67-50)15-8-9-25-59/h3-7,11-14,17-24,32-33,42-48,50,60,69-70H,8-10,15-16,25-31,59H2,1-2H3,(H,61,76)(H,62,77)(H,63,74)(H,64,75)(H,65,78)(H,66,79)(H,67,73)(H,71,72)/t42-,43-,44-,45-,46-,47-,48-,50-/m0/s1. The molecule has 0 aliphatic carbocycles. The summed E-state index contributed by atoms with van der Waals surface area (Å²) in [4.78, 5) is 134. The molecular weight excluding hydrogens is 1030 g/mol. The molecule has 13 N–H and O–H groups in total. The zero-order valence-corrected chi connectivity index (χ0v) is 44.6. The summed E-state index contributed by atoms with van der Waals surface area (Å²) >= 11 is 0. The number of nitrogens with one attached hydrogen (secondary N) is 8. The smallest absolute Gasteiger partial charge is 0.305 e. The number of nitrogens with two attached hydrogens (primary N) is 1. The van der Waals surface area contributed by atoms with Crippen LogP contribution in [0.15, 0.2) is 109 Å². The van der Waals surface area contributed by atoms with Gasteiger partial charge in [0.1, 0.15) is 59.8 Å². The van der Waals surface area contributed by atoms with Gasteiger partial charge in [0, 0.05) is 49.3 Å². The molecule has 2 saturated heterocycles. The second kappa shape index (κ2) is 27.7. The van der Waals surface area contributed by atoms with Gasteiger partial charge in [0.25, 0.3) is 0 Å². The number of amides is 8. The Balaban J connectivity index is 1.32. The van der Waals surface area contributed by atoms with E-state index in [0.717, 1.165) is 10.9 Å². The van der Waals surface area contributed by atoms with Crippen LogP contribution in [0.4, 0.5) is 0 Å². The SMILES string of the molecule is CC(C)[C@@H]1NC(=O)[C@H](CCCCN)NC(=O)[C@H](Cc2c[nH]c3ccccc23)NC(=O)[C@H](Cc2ccccc2)NC(=O)[C@H](CC(=O)O)NC(=O)[C@H](Cc2ccc(O)cc2)NC(=O)[C@@H]2CCCN2C(=O)[C@H](Cc2ccc(O)cc2)NC1=O. The molecule has 0 saturated carbocycles. The number of carboxylic acid groups (broad SMARTS) is 1. The van der Waals surface area contributed by atoms with Crippen LogP contribution in [0, 0.1) is 5.92 Å². The second-order valence-corrected chi connectivity index (χ2v) is 20.7. The second-order valence-electron chi connectivity index (χ2n) is 20.7. The van der Waals surface area contributed by atoms with E-state index < -0.39 is 114 Å². The third-order valence-electron chi connectivity index (χ3n) is 14.3. The monoisotopic (exact) mass is 1100 g/mol. The van der Waals surface area contributed by atoms with E-state index in [-0.39, 0.29) is 63.1 Å². The van der Waals surface area contributed by atoms with E-state index in [1.807, 2.05) is 18.2 Å². The predicted molar refractivity (Wildman–Crippen MR) is 294 cm³/mol. The fourth-order valence-electron chi connectivity index (χ4n) is 9.99. The van der Waals surface area contributed by atoms with Crippen molar-refractivity contribution >= 4 is 64.1 Å². The number of fused-ring (bicyclic) bond motifs is 2. The van der Waals surface area contributed by atoms with Crippen LogP contribution in [-0.2, 0) is 68.8 Å². The van der Waals surface area contributed by atoms with Crippen LogP contribution in [0.3, 0.4) is 0 Å². The average Bonchev–Trinajstić information content (AvgIpc) is 4.14. The molecule has 0 spiro atoms. The minimum atomic E-state index is -1.85. The Bertz CT molecular complexity index is 3010. The number of aromatic hydroxyl groups is 2. The van der Waals surface area contributed by atoms with E-state index in [4.69, 9.17) is 5.73 Å². The highest BCUT2D eigenvalue weighted by atomic mass is 16.4. The van der Waals surface area contributed by atoms with E-state index in [2.05, 4.69) is 42.2 Å². The summed E-state index contributed by atoms with van der Waals surface area (Å²) in [6, 6.07) is 16.0. The maximum absolute atomic E-state index is 14.9. The van der Waals surface area contributed by atoms with Crippen LogP contribution in [-0.4, -0.2) is 140 Å². The first-order chi connectivity index (χ1) is 38.4. The summed E-state index contributed by atoms with van der Waals surface area (Å²) in [6.07, 6.45) is 1.35. The summed E-state index contributed by atoms with van der Waals surface area (Å²) < 4.78 is 0. The van der Waals surface area contributed by atoms with E-state index in [9.17, 15) is 58.5 Å². The summed E-state index contributed by atoms with van der Waals surface area (Å²) in [5, 5.41) is 50.1. The van der Waals surface area contributed by atoms with Crippen molar-refractivity contribution in [2.24, 2.45) is 11.7 Å². The minimum absolute atomic E-state index is 0.0501. The molecule has 424 valence electrons. The number of benzene rings is 4. The van der Waals surface area contributed by atoms with Gasteiger partial charge in [-0.2, -0.15) is 0 Å². The number of carboxylic acids is 1. The van der Waals surface area contributed by atoms with Gasteiger partial charge in [-0.15, -0.1) is 0 Å². The number of hydrogen-bond acceptors (Lipinski definition) is 12. The molecule has 8 amide bonds. The van der Waals surface area contributed by atoms with Gasteiger partial charge >= 0.3 is 5.97 Å². The molecular formula is C58H70N10O12. The molecule has 0 radical (unpaired) electrons. The molecule has 0 unspecified atom stereocenters. The zero-order chi connectivity index (χ0) is 57.5. The summed E-state index contributed by atoms with van der Waals surface area (Å²) in [6.45, 7) is 3.69. The lowest BCUT2D eigenvalue weighted by molar-refractivity contribution is -0.143. The number of H-pyrrole nitrogens is 1. The number of phenolic OH excluding ortho intramolecular Hbond substituents is 2. The van der Waals surface area contributed by atoms with Crippen LogP contribution in [0.1, 0.15) is 74.6 Å². The number of nitrogens with zero attached hydrogens (tertiary/aromatic N) is 1. The average molecular weight is 1100 g/mol. The van der Waals surface area contributed by atoms with Gasteiger partial charge < -0.3 is 68.2 Å². The van der Waals surface area contributed by atoms with E-state index in [0.29, 0.717) is 41.5 Å². The third-order valence-corrected chi connectivity index (χ3v) is 14.3. The van der Waals surface area contributed by atoms with E-state index >= 15 is 0 Å². The quantitative estimate of drug-likeness (QED) is 0.0663. The van der Waals surface area contributed by atoms with Gasteiger partial charge in [-0.1, -0.05) is 86.6 Å². The largest absolute Gasteiger partial charge is 0.508 e. The Kier molecular flexibility index (Phi) is 20.4. The molecule has 22 nitrogen and oxygen atoms in total. The number of para-hydroxylation sites is 1. The lowest BCUT2D eigenvalue weighted by atomic mass is 9.99. The predicted octanol–water partition coefficient (Wildman–Crippen LogP) is 1.51. The Morgan fingerprint density at radius 3 is 1.64 bits per heavy atom.